The van der Waals surface area contributed by atoms with Crippen molar-refractivity contribution >= 4 is 30.0 Å². The molecule has 266 valence electrons. The lowest BCUT2D eigenvalue weighted by atomic mass is 9.95. The normalized spacial score (nSPS) is 14.9. The molecular formula is C36H61N5O6. The molecule has 0 spiro atoms. The first-order valence-electron chi connectivity index (χ1n) is 16.5. The highest BCUT2D eigenvalue weighted by Gasteiger charge is 2.42. The Morgan fingerprint density at radius 1 is 1.09 bits per heavy atom. The average Bonchev–Trinajstić information content (AvgIpc) is 3.75. The first-order chi connectivity index (χ1) is 22.6. The smallest absolute Gasteiger partial charge is 0.312 e. The van der Waals surface area contributed by atoms with Gasteiger partial charge in [0.05, 0.1) is 6.04 Å². The van der Waals surface area contributed by atoms with Crippen molar-refractivity contribution in [2.24, 2.45) is 11.7 Å². The predicted octanol–water partition coefficient (Wildman–Crippen LogP) is 3.91. The van der Waals surface area contributed by atoms with E-state index in [0.717, 1.165) is 18.2 Å². The second kappa shape index (κ2) is 30.5. The van der Waals surface area contributed by atoms with Gasteiger partial charge in [0.15, 0.2) is 5.78 Å². The number of ketones is 1. The minimum atomic E-state index is -0.821. The second-order valence-corrected chi connectivity index (χ2v) is 10.0. The molecule has 0 bridgehead atoms. The number of primary amides is 1. The van der Waals surface area contributed by atoms with E-state index in [0.29, 0.717) is 58.0 Å². The Balaban J connectivity index is -0.00000110. The van der Waals surface area contributed by atoms with Crippen molar-refractivity contribution in [1.29, 1.82) is 0 Å². The number of benzene rings is 1. The molecular weight excluding hydrogens is 598 g/mol. The van der Waals surface area contributed by atoms with Gasteiger partial charge in [-0.3, -0.25) is 19.2 Å². The maximum Gasteiger partial charge on any atom is 0.312 e. The molecule has 3 unspecified atom stereocenters. The van der Waals surface area contributed by atoms with Gasteiger partial charge < -0.3 is 31.7 Å². The van der Waals surface area contributed by atoms with Crippen molar-refractivity contribution in [2.75, 3.05) is 20.2 Å². The number of nitrogens with two attached hydrogens (primary N) is 1. The van der Waals surface area contributed by atoms with Crippen LogP contribution in [0, 0.1) is 18.3 Å². The molecule has 47 heavy (non-hydrogen) atoms. The molecule has 11 nitrogen and oxygen atoms in total. The number of rotatable bonds is 11. The van der Waals surface area contributed by atoms with Crippen LogP contribution >= 0.6 is 0 Å². The number of hydrogen-bond donors (Lipinski definition) is 5. The third-order valence-electron chi connectivity index (χ3n) is 6.69. The Morgan fingerprint density at radius 3 is 2.02 bits per heavy atom. The van der Waals surface area contributed by atoms with Crippen LogP contribution in [0.15, 0.2) is 36.9 Å². The Bertz CT molecular complexity index is 1050. The highest BCUT2D eigenvalue weighted by atomic mass is 16.2. The van der Waals surface area contributed by atoms with Gasteiger partial charge in [-0.25, -0.2) is 4.79 Å². The summed E-state index contributed by atoms with van der Waals surface area (Å²) >= 11 is 0. The van der Waals surface area contributed by atoms with Crippen molar-refractivity contribution in [3.8, 4) is 12.3 Å². The number of terminal acetylenes is 1. The van der Waals surface area contributed by atoms with Crippen LogP contribution in [0.1, 0.15) is 91.7 Å². The summed E-state index contributed by atoms with van der Waals surface area (Å²) in [7, 11) is 1.00. The fourth-order valence-corrected chi connectivity index (χ4v) is 4.85. The number of nitrogens with one attached hydrogen (secondary N) is 3. The predicted molar refractivity (Wildman–Crippen MR) is 190 cm³/mol. The number of aliphatic hydroxyl groups is 1. The van der Waals surface area contributed by atoms with Gasteiger partial charge in [-0.05, 0) is 56.1 Å². The molecule has 2 aliphatic rings. The molecule has 1 heterocycles. The zero-order valence-electron chi connectivity index (χ0n) is 29.9. The Morgan fingerprint density at radius 2 is 1.62 bits per heavy atom. The Kier molecular flexibility index (Phi) is 30.6. The fourth-order valence-electron chi connectivity index (χ4n) is 4.85. The fraction of sp³-hybridized carbons (Fsp3) is 0.583. The molecule has 1 aromatic rings. The van der Waals surface area contributed by atoms with Crippen LogP contribution in [0.3, 0.4) is 0 Å². The third-order valence-corrected chi connectivity index (χ3v) is 6.69. The maximum absolute atomic E-state index is 13.5. The standard InChI is InChI=1S/C24H30N4O4.C4H7NO.C3H8.2C2H6.CH4O/c1-3-4-10-19(15(2)29)26-22(30)20-11-7-12-28(20)23(31)21(27-24(25)32)18-13-16-8-5-6-9-17(16)14-18;1-2-3-5-4-6;1-3-2;3*1-2/h1,5-6,8-9,18-21H,4,7,10-14H2,2H3,(H,26,30)(H3,25,27,32);2,4H,1,3H2,(H,5,6);3H2,1-2H3;2*1-2H3;2H,1H3. The SMILES string of the molecule is C#CCCC(NC(=O)C1CCCN1C(=O)C(NC(N)=O)C1Cc2ccccc2C1)C(C)=O.C=CCNC=O.CC.CC.CCC.CO. The van der Waals surface area contributed by atoms with Gasteiger partial charge >= 0.3 is 6.03 Å². The Labute approximate surface area is 283 Å². The number of carbonyl (C=O) groups is 5. The molecule has 1 fully saturated rings. The van der Waals surface area contributed by atoms with Gasteiger partial charge in [0, 0.05) is 26.6 Å². The number of nitrogens with zero attached hydrogens (tertiary/aromatic N) is 1. The lowest BCUT2D eigenvalue weighted by Gasteiger charge is -2.31. The number of fused-ring (bicyclic) bond motifs is 1. The lowest BCUT2D eigenvalue weighted by Crippen LogP contribution is -2.57. The van der Waals surface area contributed by atoms with E-state index in [1.807, 2.05) is 52.0 Å². The Hall–Kier alpha value is -4.17. The molecule has 0 radical (unpaired) electrons. The van der Waals surface area contributed by atoms with E-state index in [-0.39, 0.29) is 23.5 Å². The lowest BCUT2D eigenvalue weighted by molar-refractivity contribution is -0.141. The quantitative estimate of drug-likeness (QED) is 0.104. The summed E-state index contributed by atoms with van der Waals surface area (Å²) in [5.41, 5.74) is 7.69. The molecule has 11 heteroatoms. The van der Waals surface area contributed by atoms with E-state index < -0.39 is 24.2 Å². The van der Waals surface area contributed by atoms with Crippen LogP contribution < -0.4 is 21.7 Å². The van der Waals surface area contributed by atoms with Crippen LogP contribution in [0.5, 0.6) is 0 Å². The summed E-state index contributed by atoms with van der Waals surface area (Å²) in [6.45, 7) is 18.0. The van der Waals surface area contributed by atoms with Gasteiger partial charge in [0.2, 0.25) is 18.2 Å². The number of Topliss-reactive ketones (excluding diaryl/α,β-unsaturated/α-hetero) is 1. The van der Waals surface area contributed by atoms with Crippen LogP contribution in [0.2, 0.25) is 0 Å². The zero-order valence-corrected chi connectivity index (χ0v) is 29.9. The van der Waals surface area contributed by atoms with Crippen molar-refractivity contribution < 1.29 is 29.1 Å². The number of aliphatic hydroxyl groups excluding tert-OH is 1. The van der Waals surface area contributed by atoms with Gasteiger partial charge in [0.1, 0.15) is 12.1 Å². The first kappa shape index (κ1) is 47.2. The van der Waals surface area contributed by atoms with E-state index in [4.69, 9.17) is 17.3 Å². The maximum atomic E-state index is 13.5. The van der Waals surface area contributed by atoms with Crippen LogP contribution in [-0.2, 0) is 32.0 Å². The number of carbonyl (C=O) groups excluding carboxylic acids is 5. The number of amides is 5. The van der Waals surface area contributed by atoms with Gasteiger partial charge in [0.25, 0.3) is 0 Å². The summed E-state index contributed by atoms with van der Waals surface area (Å²) in [5, 5.41) is 14.8. The van der Waals surface area contributed by atoms with E-state index in [9.17, 15) is 24.0 Å². The molecule has 3 rings (SSSR count). The number of hydrogen-bond acceptors (Lipinski definition) is 6. The van der Waals surface area contributed by atoms with E-state index in [1.54, 1.807) is 6.08 Å². The largest absolute Gasteiger partial charge is 0.400 e. The molecule has 0 aromatic heterocycles. The molecule has 3 atom stereocenters. The number of urea groups is 1. The highest BCUT2D eigenvalue weighted by Crippen LogP contribution is 2.30. The molecule has 1 aliphatic carbocycles. The molecule has 1 saturated heterocycles. The minimum Gasteiger partial charge on any atom is -0.400 e. The average molecular weight is 660 g/mol. The molecule has 5 amide bonds. The van der Waals surface area contributed by atoms with Gasteiger partial charge in [-0.2, -0.15) is 0 Å². The monoisotopic (exact) mass is 659 g/mol. The highest BCUT2D eigenvalue weighted by molar-refractivity contribution is 5.94. The van der Waals surface area contributed by atoms with E-state index >= 15 is 0 Å². The minimum absolute atomic E-state index is 0.141. The third kappa shape index (κ3) is 18.5. The summed E-state index contributed by atoms with van der Waals surface area (Å²) in [4.78, 5) is 61.0. The molecule has 1 aromatic carbocycles. The van der Waals surface area contributed by atoms with Crippen LogP contribution in [0.4, 0.5) is 4.79 Å². The summed E-state index contributed by atoms with van der Waals surface area (Å²) in [6.07, 6.45) is 12.0. The van der Waals surface area contributed by atoms with Crippen LogP contribution in [0.25, 0.3) is 0 Å². The second-order valence-electron chi connectivity index (χ2n) is 10.0. The van der Waals surface area contributed by atoms with E-state index in [1.165, 1.54) is 18.2 Å². The molecule has 0 saturated carbocycles. The van der Waals surface area contributed by atoms with Gasteiger partial charge in [-0.1, -0.05) is 78.3 Å². The van der Waals surface area contributed by atoms with E-state index in [2.05, 4.69) is 42.3 Å². The summed E-state index contributed by atoms with van der Waals surface area (Å²) in [5.74, 6) is 1.46. The summed E-state index contributed by atoms with van der Waals surface area (Å²) in [6, 6.07) is 4.97. The molecule has 1 aliphatic heterocycles. The summed E-state index contributed by atoms with van der Waals surface area (Å²) < 4.78 is 0. The van der Waals surface area contributed by atoms with Crippen molar-refractivity contribution in [3.05, 3.63) is 48.0 Å². The topological polar surface area (TPSA) is 171 Å². The zero-order chi connectivity index (χ0) is 36.8. The van der Waals surface area contributed by atoms with Crippen LogP contribution in [-0.4, -0.2) is 78.4 Å². The van der Waals surface area contributed by atoms with Crippen molar-refractivity contribution in [2.45, 2.75) is 112 Å². The van der Waals surface area contributed by atoms with Crippen molar-refractivity contribution in [3.63, 3.8) is 0 Å². The molecule has 6 N–H and O–H groups in total. The van der Waals surface area contributed by atoms with Gasteiger partial charge in [-0.15, -0.1) is 18.9 Å². The number of likely N-dealkylation sites (tertiary alicyclic amines) is 1. The van der Waals surface area contributed by atoms with Crippen molar-refractivity contribution in [1.82, 2.24) is 20.9 Å². The first-order valence-corrected chi connectivity index (χ1v) is 16.5.